The van der Waals surface area contributed by atoms with E-state index in [4.69, 9.17) is 17.3 Å². The zero-order chi connectivity index (χ0) is 13.9. The summed E-state index contributed by atoms with van der Waals surface area (Å²) in [6.45, 7) is 4.00. The van der Waals surface area contributed by atoms with Crippen molar-refractivity contribution in [3.05, 3.63) is 41.1 Å². The molecule has 0 saturated carbocycles. The van der Waals surface area contributed by atoms with E-state index in [0.717, 1.165) is 49.6 Å². The van der Waals surface area contributed by atoms with Crippen LogP contribution in [0.4, 0.5) is 0 Å². The van der Waals surface area contributed by atoms with Gasteiger partial charge in [-0.3, -0.25) is 4.90 Å². The van der Waals surface area contributed by atoms with E-state index in [1.165, 1.54) is 16.5 Å². The summed E-state index contributed by atoms with van der Waals surface area (Å²) < 4.78 is 0. The van der Waals surface area contributed by atoms with Gasteiger partial charge in [-0.15, -0.1) is 0 Å². The maximum Gasteiger partial charge on any atom is 0.0461 e. The molecule has 0 radical (unpaired) electrons. The predicted octanol–water partition coefficient (Wildman–Crippen LogP) is 3.26. The fraction of sp³-hybridized carbons (Fsp3) is 0.375. The quantitative estimate of drug-likeness (QED) is 0.907. The first kappa shape index (κ1) is 13.7. The van der Waals surface area contributed by atoms with Crippen molar-refractivity contribution in [1.82, 2.24) is 9.88 Å². The third-order valence-corrected chi connectivity index (χ3v) is 4.20. The number of rotatable bonds is 4. The van der Waals surface area contributed by atoms with Crippen molar-refractivity contribution in [2.45, 2.75) is 12.8 Å². The van der Waals surface area contributed by atoms with Gasteiger partial charge in [-0.05, 0) is 49.7 Å². The Morgan fingerprint density at radius 1 is 1.35 bits per heavy atom. The molecule has 0 aliphatic carbocycles. The van der Waals surface area contributed by atoms with Gasteiger partial charge in [0.2, 0.25) is 0 Å². The molecule has 20 heavy (non-hydrogen) atoms. The zero-order valence-corrected chi connectivity index (χ0v) is 12.3. The largest absolute Gasteiger partial charge is 0.361 e. The third kappa shape index (κ3) is 2.75. The molecule has 4 heteroatoms. The Bertz CT molecular complexity index is 630. The lowest BCUT2D eigenvalue weighted by Crippen LogP contribution is -2.30. The highest BCUT2D eigenvalue weighted by Crippen LogP contribution is 2.30. The number of hydrogen-bond donors (Lipinski definition) is 2. The third-order valence-electron chi connectivity index (χ3n) is 3.96. The minimum atomic E-state index is 0.772. The Morgan fingerprint density at radius 3 is 3.00 bits per heavy atom. The van der Waals surface area contributed by atoms with Gasteiger partial charge in [-0.2, -0.15) is 0 Å². The number of nitrogens with two attached hydrogens (primary N) is 1. The summed E-state index contributed by atoms with van der Waals surface area (Å²) in [5, 5.41) is 2.01. The number of nitrogens with zero attached hydrogens (tertiary/aromatic N) is 1. The van der Waals surface area contributed by atoms with E-state index in [0.29, 0.717) is 0 Å². The van der Waals surface area contributed by atoms with E-state index in [2.05, 4.69) is 22.2 Å². The Kier molecular flexibility index (Phi) is 4.10. The fourth-order valence-corrected chi connectivity index (χ4v) is 3.00. The van der Waals surface area contributed by atoms with Gasteiger partial charge in [-0.25, -0.2) is 0 Å². The van der Waals surface area contributed by atoms with Crippen molar-refractivity contribution in [3.8, 4) is 0 Å². The second-order valence-corrected chi connectivity index (χ2v) is 5.75. The maximum atomic E-state index is 6.11. The standard InChI is InChI=1S/C16H20ClN3/c17-13-2-3-16-14(10-13)15(11-19-16)12-4-8-20(9-5-12)7-1-6-18/h2-4,10-11,19H,1,5-9,18H2. The molecule has 0 unspecified atom stereocenters. The summed E-state index contributed by atoms with van der Waals surface area (Å²) in [5.74, 6) is 0. The van der Waals surface area contributed by atoms with E-state index in [1.54, 1.807) is 0 Å². The number of aromatic nitrogens is 1. The van der Waals surface area contributed by atoms with E-state index in [1.807, 2.05) is 18.2 Å². The van der Waals surface area contributed by atoms with Crippen LogP contribution in [0.3, 0.4) is 0 Å². The van der Waals surface area contributed by atoms with Gasteiger partial charge in [0, 0.05) is 40.8 Å². The zero-order valence-electron chi connectivity index (χ0n) is 11.5. The van der Waals surface area contributed by atoms with Crippen LogP contribution in [-0.4, -0.2) is 36.1 Å². The molecule has 1 aromatic carbocycles. The van der Waals surface area contributed by atoms with E-state index in [9.17, 15) is 0 Å². The van der Waals surface area contributed by atoms with Gasteiger partial charge >= 0.3 is 0 Å². The van der Waals surface area contributed by atoms with Gasteiger partial charge in [0.25, 0.3) is 0 Å². The van der Waals surface area contributed by atoms with Crippen LogP contribution in [0.25, 0.3) is 16.5 Å². The van der Waals surface area contributed by atoms with Crippen LogP contribution >= 0.6 is 11.6 Å². The lowest BCUT2D eigenvalue weighted by Gasteiger charge is -2.26. The predicted molar refractivity (Wildman–Crippen MR) is 86.0 cm³/mol. The van der Waals surface area contributed by atoms with Crippen molar-refractivity contribution < 1.29 is 0 Å². The number of H-pyrrole nitrogens is 1. The van der Waals surface area contributed by atoms with Crippen molar-refractivity contribution in [2.75, 3.05) is 26.2 Å². The van der Waals surface area contributed by atoms with Gasteiger partial charge in [0.1, 0.15) is 0 Å². The average molecular weight is 290 g/mol. The molecule has 106 valence electrons. The lowest BCUT2D eigenvalue weighted by molar-refractivity contribution is 0.300. The van der Waals surface area contributed by atoms with E-state index < -0.39 is 0 Å². The monoisotopic (exact) mass is 289 g/mol. The summed E-state index contributed by atoms with van der Waals surface area (Å²) in [7, 11) is 0. The van der Waals surface area contributed by atoms with Crippen molar-refractivity contribution in [3.63, 3.8) is 0 Å². The minimum absolute atomic E-state index is 0.772. The van der Waals surface area contributed by atoms with Crippen LogP contribution in [0, 0.1) is 0 Å². The molecule has 1 aliphatic rings. The van der Waals surface area contributed by atoms with Crippen LogP contribution in [0.15, 0.2) is 30.5 Å². The number of aromatic amines is 1. The lowest BCUT2D eigenvalue weighted by atomic mass is 9.99. The summed E-state index contributed by atoms with van der Waals surface area (Å²) in [6.07, 6.45) is 6.60. The smallest absolute Gasteiger partial charge is 0.0461 e. The molecule has 1 aliphatic heterocycles. The Balaban J connectivity index is 1.82. The maximum absolute atomic E-state index is 6.11. The van der Waals surface area contributed by atoms with Crippen molar-refractivity contribution in [2.24, 2.45) is 5.73 Å². The highest BCUT2D eigenvalue weighted by Gasteiger charge is 2.15. The highest BCUT2D eigenvalue weighted by atomic mass is 35.5. The summed E-state index contributed by atoms with van der Waals surface area (Å²) in [6, 6.07) is 6.01. The van der Waals surface area contributed by atoms with Gasteiger partial charge in [0.15, 0.2) is 0 Å². The van der Waals surface area contributed by atoms with E-state index in [-0.39, 0.29) is 0 Å². The molecule has 0 spiro atoms. The summed E-state index contributed by atoms with van der Waals surface area (Å²) in [4.78, 5) is 5.79. The SMILES string of the molecule is NCCCN1CC=C(c2c[nH]c3ccc(Cl)cc23)CC1. The molecule has 2 aromatic rings. The molecule has 0 saturated heterocycles. The number of benzene rings is 1. The molecule has 3 nitrogen and oxygen atoms in total. The van der Waals surface area contributed by atoms with Crippen LogP contribution in [-0.2, 0) is 0 Å². The molecule has 1 aromatic heterocycles. The van der Waals surface area contributed by atoms with Gasteiger partial charge < -0.3 is 10.7 Å². The molecule has 3 N–H and O–H groups in total. The Morgan fingerprint density at radius 2 is 2.25 bits per heavy atom. The number of hydrogen-bond acceptors (Lipinski definition) is 2. The van der Waals surface area contributed by atoms with E-state index >= 15 is 0 Å². The minimum Gasteiger partial charge on any atom is -0.361 e. The fourth-order valence-electron chi connectivity index (χ4n) is 2.83. The summed E-state index contributed by atoms with van der Waals surface area (Å²) >= 11 is 6.11. The molecule has 3 rings (SSSR count). The second-order valence-electron chi connectivity index (χ2n) is 5.31. The van der Waals surface area contributed by atoms with Gasteiger partial charge in [0.05, 0.1) is 0 Å². The van der Waals surface area contributed by atoms with Crippen LogP contribution in [0.2, 0.25) is 5.02 Å². The van der Waals surface area contributed by atoms with Crippen LogP contribution in [0.5, 0.6) is 0 Å². The first-order valence-corrected chi connectivity index (χ1v) is 7.54. The number of halogens is 1. The van der Waals surface area contributed by atoms with Crippen molar-refractivity contribution >= 4 is 28.1 Å². The molecule has 0 atom stereocenters. The second kappa shape index (κ2) is 6.00. The van der Waals surface area contributed by atoms with Crippen molar-refractivity contribution in [1.29, 1.82) is 0 Å². The highest BCUT2D eigenvalue weighted by molar-refractivity contribution is 6.31. The molecular weight excluding hydrogens is 270 g/mol. The molecule has 2 heterocycles. The molecule has 0 fully saturated rings. The van der Waals surface area contributed by atoms with Crippen LogP contribution in [0.1, 0.15) is 18.4 Å². The Hall–Kier alpha value is -1.29. The normalized spacial score (nSPS) is 16.6. The number of nitrogens with one attached hydrogen (secondary N) is 1. The average Bonchev–Trinajstić information content (AvgIpc) is 2.88. The number of fused-ring (bicyclic) bond motifs is 1. The molecule has 0 bridgehead atoms. The summed E-state index contributed by atoms with van der Waals surface area (Å²) in [5.41, 5.74) is 9.43. The topological polar surface area (TPSA) is 45.0 Å². The van der Waals surface area contributed by atoms with Crippen LogP contribution < -0.4 is 5.73 Å². The molecular formula is C16H20ClN3. The van der Waals surface area contributed by atoms with Gasteiger partial charge in [-0.1, -0.05) is 17.7 Å². The first-order chi connectivity index (χ1) is 9.78. The Labute approximate surface area is 124 Å². The first-order valence-electron chi connectivity index (χ1n) is 7.16. The molecule has 0 amide bonds.